The molecule has 1 aliphatic rings. The molecule has 0 atom stereocenters. The number of hydrogen-bond acceptors (Lipinski definition) is 8. The molecule has 1 aliphatic heterocycles. The van der Waals surface area contributed by atoms with E-state index in [1.165, 1.54) is 0 Å². The number of anilines is 1. The molecule has 4 heterocycles. The highest BCUT2D eigenvalue weighted by atomic mass is 16.6. The van der Waals surface area contributed by atoms with Crippen LogP contribution in [0, 0.1) is 0 Å². The second kappa shape index (κ2) is 8.48. The number of hydrazine groups is 1. The van der Waals surface area contributed by atoms with E-state index in [4.69, 9.17) is 20.3 Å². The van der Waals surface area contributed by atoms with Crippen molar-refractivity contribution in [3.63, 3.8) is 0 Å². The summed E-state index contributed by atoms with van der Waals surface area (Å²) in [4.78, 5) is 23.1. The van der Waals surface area contributed by atoms with Gasteiger partial charge in [-0.25, -0.2) is 14.6 Å². The third kappa shape index (κ3) is 3.50. The zero-order valence-electron chi connectivity index (χ0n) is 19.2. The number of nitrogens with two attached hydrogens (primary N) is 1. The van der Waals surface area contributed by atoms with Crippen LogP contribution in [0.2, 0.25) is 0 Å². The lowest BCUT2D eigenvalue weighted by atomic mass is 10.0. The van der Waals surface area contributed by atoms with E-state index in [0.29, 0.717) is 40.4 Å². The van der Waals surface area contributed by atoms with Crippen LogP contribution in [-0.2, 0) is 6.54 Å². The summed E-state index contributed by atoms with van der Waals surface area (Å²) in [5.74, 6) is 0.393. The minimum absolute atomic E-state index is 0.137. The summed E-state index contributed by atoms with van der Waals surface area (Å²) >= 11 is 0. The first-order valence-corrected chi connectivity index (χ1v) is 11.7. The lowest BCUT2D eigenvalue weighted by Crippen LogP contribution is -2.40. The molecule has 3 N–H and O–H groups in total. The summed E-state index contributed by atoms with van der Waals surface area (Å²) in [6.45, 7) is 4.17. The van der Waals surface area contributed by atoms with Gasteiger partial charge in [-0.15, -0.1) is 0 Å². The maximum atomic E-state index is 13.4. The Bertz CT molecular complexity index is 1560. The highest BCUT2D eigenvalue weighted by Gasteiger charge is 2.27. The van der Waals surface area contributed by atoms with Crippen LogP contribution in [-0.4, -0.2) is 48.9 Å². The predicted octanol–water partition coefficient (Wildman–Crippen LogP) is 3.64. The molecule has 0 spiro atoms. The van der Waals surface area contributed by atoms with E-state index in [2.05, 4.69) is 33.9 Å². The van der Waals surface area contributed by atoms with Crippen molar-refractivity contribution in [2.75, 3.05) is 18.8 Å². The van der Waals surface area contributed by atoms with Gasteiger partial charge in [-0.1, -0.05) is 42.5 Å². The highest BCUT2D eigenvalue weighted by Crippen LogP contribution is 2.36. The fraction of sp³-hybridized carbons (Fsp3) is 0.240. The number of imidazole rings is 1. The molecule has 10 heteroatoms. The number of nitrogens with one attached hydrogen (secondary N) is 1. The standard InChI is InChI=1S/C25H24N8O2/c1-2-33-22-18(25(34)29-32-12-5-6-13-32)14-27-19(17-11-7-9-15-8-3-4-10-16(15)17)20(22)28-24(33)21-23(26)31-35-30-21/h3-4,7-11,14H,2,5-6,12-13H2,1H3,(H2,26,31)(H,29,34). The van der Waals surface area contributed by atoms with Crippen LogP contribution >= 0.6 is 0 Å². The molecule has 6 rings (SSSR count). The van der Waals surface area contributed by atoms with E-state index in [1.807, 2.05) is 40.8 Å². The molecular weight excluding hydrogens is 444 g/mol. The molecule has 35 heavy (non-hydrogen) atoms. The van der Waals surface area contributed by atoms with Gasteiger partial charge in [0.05, 0.1) is 16.8 Å². The highest BCUT2D eigenvalue weighted by molar-refractivity contribution is 6.10. The lowest BCUT2D eigenvalue weighted by molar-refractivity contribution is 0.0827. The smallest absolute Gasteiger partial charge is 0.269 e. The van der Waals surface area contributed by atoms with Crippen LogP contribution in [0.25, 0.3) is 44.6 Å². The molecule has 0 saturated carbocycles. The Kier molecular flexibility index (Phi) is 5.14. The number of aromatic nitrogens is 5. The number of benzene rings is 2. The number of carbonyl (C=O) groups is 1. The third-order valence-corrected chi connectivity index (χ3v) is 6.47. The molecule has 2 aromatic carbocycles. The molecule has 0 bridgehead atoms. The number of rotatable bonds is 5. The lowest BCUT2D eigenvalue weighted by Gasteiger charge is -2.17. The predicted molar refractivity (Wildman–Crippen MR) is 132 cm³/mol. The molecule has 0 aliphatic carbocycles. The van der Waals surface area contributed by atoms with Gasteiger partial charge in [-0.3, -0.25) is 15.2 Å². The molecular formula is C25H24N8O2. The molecule has 1 saturated heterocycles. The van der Waals surface area contributed by atoms with E-state index in [9.17, 15) is 4.79 Å². The van der Waals surface area contributed by atoms with Crippen LogP contribution in [0.5, 0.6) is 0 Å². The fourth-order valence-electron chi connectivity index (χ4n) is 4.81. The summed E-state index contributed by atoms with van der Waals surface area (Å²) < 4.78 is 6.77. The Morgan fingerprint density at radius 1 is 1.09 bits per heavy atom. The van der Waals surface area contributed by atoms with Crippen LogP contribution in [0.4, 0.5) is 5.82 Å². The maximum Gasteiger partial charge on any atom is 0.269 e. The summed E-state index contributed by atoms with van der Waals surface area (Å²) in [6, 6.07) is 14.2. The van der Waals surface area contributed by atoms with Gasteiger partial charge < -0.3 is 10.3 Å². The van der Waals surface area contributed by atoms with Crippen LogP contribution in [0.1, 0.15) is 30.1 Å². The second-order valence-electron chi connectivity index (χ2n) is 8.56. The number of pyridine rings is 1. The summed E-state index contributed by atoms with van der Waals surface area (Å²) in [7, 11) is 0. The summed E-state index contributed by atoms with van der Waals surface area (Å²) in [6.07, 6.45) is 3.75. The normalized spacial score (nSPS) is 14.2. The van der Waals surface area contributed by atoms with Gasteiger partial charge in [-0.2, -0.15) is 0 Å². The van der Waals surface area contributed by atoms with Gasteiger partial charge in [0.15, 0.2) is 17.3 Å². The molecule has 1 amide bonds. The van der Waals surface area contributed by atoms with E-state index < -0.39 is 0 Å². The third-order valence-electron chi connectivity index (χ3n) is 6.47. The van der Waals surface area contributed by atoms with E-state index in [1.54, 1.807) is 6.20 Å². The number of hydrogen-bond donors (Lipinski definition) is 2. The number of nitrogens with zero attached hydrogens (tertiary/aromatic N) is 6. The fourth-order valence-corrected chi connectivity index (χ4v) is 4.81. The molecule has 0 radical (unpaired) electrons. The van der Waals surface area contributed by atoms with Crippen molar-refractivity contribution in [1.29, 1.82) is 0 Å². The van der Waals surface area contributed by atoms with Crippen molar-refractivity contribution in [3.05, 3.63) is 54.2 Å². The van der Waals surface area contributed by atoms with Crippen molar-refractivity contribution >= 4 is 33.5 Å². The minimum Gasteiger partial charge on any atom is -0.379 e. The van der Waals surface area contributed by atoms with Gasteiger partial charge in [-0.05, 0) is 40.9 Å². The molecule has 1 fully saturated rings. The Labute approximate surface area is 200 Å². The molecule has 176 valence electrons. The first kappa shape index (κ1) is 21.2. The van der Waals surface area contributed by atoms with Gasteiger partial charge in [0, 0.05) is 31.4 Å². The van der Waals surface area contributed by atoms with Crippen molar-refractivity contribution < 1.29 is 9.42 Å². The Hall–Kier alpha value is -4.31. The largest absolute Gasteiger partial charge is 0.379 e. The zero-order valence-corrected chi connectivity index (χ0v) is 19.2. The topological polar surface area (TPSA) is 128 Å². The monoisotopic (exact) mass is 468 g/mol. The van der Waals surface area contributed by atoms with Gasteiger partial charge >= 0.3 is 0 Å². The number of carbonyl (C=O) groups excluding carboxylic acids is 1. The summed E-state index contributed by atoms with van der Waals surface area (Å²) in [5, 5.41) is 11.8. The number of nitrogen functional groups attached to an aromatic ring is 1. The van der Waals surface area contributed by atoms with Gasteiger partial charge in [0.1, 0.15) is 5.52 Å². The molecule has 0 unspecified atom stereocenters. The molecule has 3 aromatic heterocycles. The van der Waals surface area contributed by atoms with E-state index >= 15 is 0 Å². The van der Waals surface area contributed by atoms with Crippen LogP contribution in [0.15, 0.2) is 53.3 Å². The number of amides is 1. The van der Waals surface area contributed by atoms with Crippen LogP contribution in [0.3, 0.4) is 0 Å². The SMILES string of the molecule is CCn1c(-c2nonc2N)nc2c(-c3cccc4ccccc34)ncc(C(=O)NN3CCCC3)c21. The van der Waals surface area contributed by atoms with Crippen molar-refractivity contribution in [2.45, 2.75) is 26.3 Å². The molecule has 10 nitrogen and oxygen atoms in total. The minimum atomic E-state index is -0.221. The average molecular weight is 469 g/mol. The van der Waals surface area contributed by atoms with E-state index in [0.717, 1.165) is 42.3 Å². The van der Waals surface area contributed by atoms with Crippen molar-refractivity contribution in [3.8, 4) is 22.8 Å². The average Bonchev–Trinajstić information content (AvgIpc) is 3.63. The Balaban J connectivity index is 1.62. The van der Waals surface area contributed by atoms with E-state index in [-0.39, 0.29) is 11.7 Å². The molecule has 5 aromatic rings. The first-order valence-electron chi connectivity index (χ1n) is 11.7. The maximum absolute atomic E-state index is 13.4. The second-order valence-corrected chi connectivity index (χ2v) is 8.56. The Morgan fingerprint density at radius 3 is 2.66 bits per heavy atom. The quantitative estimate of drug-likeness (QED) is 0.400. The van der Waals surface area contributed by atoms with Crippen molar-refractivity contribution in [1.82, 2.24) is 35.3 Å². The summed E-state index contributed by atoms with van der Waals surface area (Å²) in [5.41, 5.74) is 12.7. The Morgan fingerprint density at radius 2 is 1.89 bits per heavy atom. The zero-order chi connectivity index (χ0) is 23.9. The first-order chi connectivity index (χ1) is 17.2. The van der Waals surface area contributed by atoms with Crippen LogP contribution < -0.4 is 11.2 Å². The van der Waals surface area contributed by atoms with Gasteiger partial charge in [0.2, 0.25) is 0 Å². The van der Waals surface area contributed by atoms with Gasteiger partial charge in [0.25, 0.3) is 5.91 Å². The number of aryl methyl sites for hydroxylation is 1. The number of fused-ring (bicyclic) bond motifs is 2. The van der Waals surface area contributed by atoms with Crippen molar-refractivity contribution in [2.24, 2.45) is 0 Å².